The third kappa shape index (κ3) is 3.05. The van der Waals surface area contributed by atoms with E-state index in [1.54, 1.807) is 0 Å². The molecule has 1 aromatic rings. The van der Waals surface area contributed by atoms with Crippen molar-refractivity contribution < 1.29 is 4.39 Å². The SMILES string of the molecule is CC(C)(C)C(NC1CNC1)c1ccc(F)cc1. The molecule has 0 radical (unpaired) electrons. The van der Waals surface area contributed by atoms with E-state index in [1.807, 2.05) is 12.1 Å². The average molecular weight is 236 g/mol. The zero-order valence-corrected chi connectivity index (χ0v) is 10.8. The van der Waals surface area contributed by atoms with Crippen LogP contribution in [-0.4, -0.2) is 19.1 Å². The average Bonchev–Trinajstić information content (AvgIpc) is 2.16. The topological polar surface area (TPSA) is 24.1 Å². The number of rotatable bonds is 3. The van der Waals surface area contributed by atoms with Crippen molar-refractivity contribution in [2.24, 2.45) is 5.41 Å². The third-order valence-corrected chi connectivity index (χ3v) is 3.25. The van der Waals surface area contributed by atoms with Crippen molar-refractivity contribution in [1.82, 2.24) is 10.6 Å². The molecule has 2 rings (SSSR count). The van der Waals surface area contributed by atoms with E-state index >= 15 is 0 Å². The molecule has 2 N–H and O–H groups in total. The second-order valence-corrected chi connectivity index (χ2v) is 5.87. The van der Waals surface area contributed by atoms with Crippen LogP contribution < -0.4 is 10.6 Å². The normalized spacial score (nSPS) is 18.8. The van der Waals surface area contributed by atoms with Crippen LogP contribution in [0.2, 0.25) is 0 Å². The van der Waals surface area contributed by atoms with E-state index in [0.29, 0.717) is 6.04 Å². The Bertz CT molecular complexity index is 363. The maximum Gasteiger partial charge on any atom is 0.123 e. The first-order valence-corrected chi connectivity index (χ1v) is 6.19. The highest BCUT2D eigenvalue weighted by Crippen LogP contribution is 2.33. The molecule has 0 bridgehead atoms. The van der Waals surface area contributed by atoms with E-state index in [0.717, 1.165) is 18.7 Å². The molecule has 1 atom stereocenters. The number of benzene rings is 1. The molecule has 1 aliphatic rings. The molecular formula is C14H21FN2. The van der Waals surface area contributed by atoms with Gasteiger partial charge in [-0.3, -0.25) is 0 Å². The first kappa shape index (κ1) is 12.5. The van der Waals surface area contributed by atoms with Gasteiger partial charge in [0.25, 0.3) is 0 Å². The van der Waals surface area contributed by atoms with Crippen LogP contribution in [0, 0.1) is 11.2 Å². The van der Waals surface area contributed by atoms with E-state index in [2.05, 4.69) is 31.4 Å². The predicted octanol–water partition coefficient (Wildman–Crippen LogP) is 2.47. The molecule has 0 aliphatic carbocycles. The third-order valence-electron chi connectivity index (χ3n) is 3.25. The second-order valence-electron chi connectivity index (χ2n) is 5.87. The lowest BCUT2D eigenvalue weighted by molar-refractivity contribution is 0.220. The van der Waals surface area contributed by atoms with Crippen molar-refractivity contribution in [3.63, 3.8) is 0 Å². The standard InChI is InChI=1S/C14H21FN2/c1-14(2,3)13(17-12-8-16-9-12)10-4-6-11(15)7-5-10/h4-7,12-13,16-17H,8-9H2,1-3H3. The van der Waals surface area contributed by atoms with Crippen molar-refractivity contribution in [2.75, 3.05) is 13.1 Å². The Morgan fingerprint density at radius 2 is 1.82 bits per heavy atom. The summed E-state index contributed by atoms with van der Waals surface area (Å²) in [5.41, 5.74) is 1.28. The summed E-state index contributed by atoms with van der Waals surface area (Å²) >= 11 is 0. The number of hydrogen-bond donors (Lipinski definition) is 2. The molecule has 1 aliphatic heterocycles. The maximum atomic E-state index is 13.0. The molecule has 1 saturated heterocycles. The molecule has 1 fully saturated rings. The van der Waals surface area contributed by atoms with Gasteiger partial charge in [-0.15, -0.1) is 0 Å². The minimum atomic E-state index is -0.174. The summed E-state index contributed by atoms with van der Waals surface area (Å²) in [6, 6.07) is 7.62. The minimum Gasteiger partial charge on any atom is -0.314 e. The van der Waals surface area contributed by atoms with Gasteiger partial charge in [-0.25, -0.2) is 4.39 Å². The Hall–Kier alpha value is -0.930. The Morgan fingerprint density at radius 1 is 1.24 bits per heavy atom. The van der Waals surface area contributed by atoms with Gasteiger partial charge < -0.3 is 10.6 Å². The van der Waals surface area contributed by atoms with Crippen LogP contribution in [0.1, 0.15) is 32.4 Å². The lowest BCUT2D eigenvalue weighted by Gasteiger charge is -2.39. The molecule has 94 valence electrons. The van der Waals surface area contributed by atoms with E-state index < -0.39 is 0 Å². The maximum absolute atomic E-state index is 13.0. The summed E-state index contributed by atoms with van der Waals surface area (Å²) in [6.45, 7) is 8.67. The second kappa shape index (κ2) is 4.75. The fraction of sp³-hybridized carbons (Fsp3) is 0.571. The van der Waals surface area contributed by atoms with Crippen LogP contribution in [0.25, 0.3) is 0 Å². The Labute approximate surface area is 103 Å². The van der Waals surface area contributed by atoms with Crippen LogP contribution in [0.3, 0.4) is 0 Å². The molecule has 0 spiro atoms. The van der Waals surface area contributed by atoms with Crippen molar-refractivity contribution >= 4 is 0 Å². The van der Waals surface area contributed by atoms with E-state index in [4.69, 9.17) is 0 Å². The summed E-state index contributed by atoms with van der Waals surface area (Å²) < 4.78 is 13.0. The molecule has 0 saturated carbocycles. The van der Waals surface area contributed by atoms with Gasteiger partial charge >= 0.3 is 0 Å². The van der Waals surface area contributed by atoms with Crippen molar-refractivity contribution in [3.8, 4) is 0 Å². The Balaban J connectivity index is 2.16. The van der Waals surface area contributed by atoms with Gasteiger partial charge in [-0.1, -0.05) is 32.9 Å². The molecule has 0 amide bonds. The van der Waals surface area contributed by atoms with Gasteiger partial charge in [0, 0.05) is 25.2 Å². The zero-order valence-electron chi connectivity index (χ0n) is 10.8. The van der Waals surface area contributed by atoms with Crippen molar-refractivity contribution in [1.29, 1.82) is 0 Å². The molecule has 1 unspecified atom stereocenters. The summed E-state index contributed by atoms with van der Waals surface area (Å²) in [7, 11) is 0. The molecule has 2 nitrogen and oxygen atoms in total. The highest BCUT2D eigenvalue weighted by Gasteiger charge is 2.30. The molecule has 3 heteroatoms. The fourth-order valence-electron chi connectivity index (χ4n) is 2.14. The predicted molar refractivity (Wildman–Crippen MR) is 68.4 cm³/mol. The summed E-state index contributed by atoms with van der Waals surface area (Å²) in [5, 5.41) is 6.90. The largest absolute Gasteiger partial charge is 0.314 e. The monoisotopic (exact) mass is 236 g/mol. The van der Waals surface area contributed by atoms with Crippen LogP contribution in [0.4, 0.5) is 4.39 Å². The number of halogens is 1. The van der Waals surface area contributed by atoms with Gasteiger partial charge in [0.1, 0.15) is 5.82 Å². The van der Waals surface area contributed by atoms with Crippen LogP contribution >= 0.6 is 0 Å². The molecular weight excluding hydrogens is 215 g/mol. The number of hydrogen-bond acceptors (Lipinski definition) is 2. The highest BCUT2D eigenvalue weighted by atomic mass is 19.1. The first-order valence-electron chi connectivity index (χ1n) is 6.19. The Kier molecular flexibility index (Phi) is 3.50. The molecule has 0 aromatic heterocycles. The summed E-state index contributed by atoms with van der Waals surface area (Å²) in [4.78, 5) is 0. The van der Waals surface area contributed by atoms with E-state index in [9.17, 15) is 4.39 Å². The van der Waals surface area contributed by atoms with Crippen LogP contribution in [0.15, 0.2) is 24.3 Å². The number of nitrogens with one attached hydrogen (secondary N) is 2. The highest BCUT2D eigenvalue weighted by molar-refractivity contribution is 5.22. The summed E-state index contributed by atoms with van der Waals surface area (Å²) in [6.07, 6.45) is 0. The zero-order chi connectivity index (χ0) is 12.5. The van der Waals surface area contributed by atoms with Crippen LogP contribution in [-0.2, 0) is 0 Å². The fourth-order valence-corrected chi connectivity index (χ4v) is 2.14. The lowest BCUT2D eigenvalue weighted by atomic mass is 9.81. The first-order chi connectivity index (χ1) is 7.97. The van der Waals surface area contributed by atoms with Gasteiger partial charge in [-0.2, -0.15) is 0 Å². The van der Waals surface area contributed by atoms with Crippen molar-refractivity contribution in [2.45, 2.75) is 32.9 Å². The van der Waals surface area contributed by atoms with Gasteiger partial charge in [0.05, 0.1) is 0 Å². The quantitative estimate of drug-likeness (QED) is 0.842. The summed E-state index contributed by atoms with van der Waals surface area (Å²) in [5.74, 6) is -0.174. The van der Waals surface area contributed by atoms with Gasteiger partial charge in [-0.05, 0) is 23.1 Å². The van der Waals surface area contributed by atoms with E-state index in [1.165, 1.54) is 12.1 Å². The van der Waals surface area contributed by atoms with Crippen LogP contribution in [0.5, 0.6) is 0 Å². The molecule has 1 aromatic carbocycles. The smallest absolute Gasteiger partial charge is 0.123 e. The molecule has 1 heterocycles. The minimum absolute atomic E-state index is 0.118. The Morgan fingerprint density at radius 3 is 2.24 bits per heavy atom. The van der Waals surface area contributed by atoms with Gasteiger partial charge in [0.2, 0.25) is 0 Å². The molecule has 17 heavy (non-hydrogen) atoms. The van der Waals surface area contributed by atoms with E-state index in [-0.39, 0.29) is 17.3 Å². The van der Waals surface area contributed by atoms with Gasteiger partial charge in [0.15, 0.2) is 0 Å². The van der Waals surface area contributed by atoms with Crippen molar-refractivity contribution in [3.05, 3.63) is 35.6 Å². The lowest BCUT2D eigenvalue weighted by Crippen LogP contribution is -2.57.